The van der Waals surface area contributed by atoms with Gasteiger partial charge in [-0.1, -0.05) is 17.7 Å². The Morgan fingerprint density at radius 3 is 2.40 bits per heavy atom. The Bertz CT molecular complexity index is 650. The van der Waals surface area contributed by atoms with Crippen molar-refractivity contribution < 1.29 is 4.79 Å². The van der Waals surface area contributed by atoms with Crippen LogP contribution < -0.4 is 16.4 Å². The quantitative estimate of drug-likeness (QED) is 0.750. The average molecular weight is 269 g/mol. The van der Waals surface area contributed by atoms with Gasteiger partial charge < -0.3 is 16.4 Å². The van der Waals surface area contributed by atoms with Crippen molar-refractivity contribution in [3.8, 4) is 0 Å². The number of benzene rings is 2. The zero-order chi connectivity index (χ0) is 14.7. The molecule has 0 aromatic heterocycles. The summed E-state index contributed by atoms with van der Waals surface area (Å²) in [7, 11) is 1.60. The van der Waals surface area contributed by atoms with E-state index in [9.17, 15) is 4.79 Å². The van der Waals surface area contributed by atoms with Crippen molar-refractivity contribution in [2.45, 2.75) is 13.8 Å². The zero-order valence-corrected chi connectivity index (χ0v) is 11.9. The number of carbonyl (C=O) groups excluding carboxylic acids is 1. The highest BCUT2D eigenvalue weighted by molar-refractivity contribution is 6.01. The van der Waals surface area contributed by atoms with Crippen LogP contribution in [0.4, 0.5) is 17.1 Å². The maximum atomic E-state index is 11.9. The van der Waals surface area contributed by atoms with Crippen LogP contribution in [0.1, 0.15) is 21.5 Å². The van der Waals surface area contributed by atoms with E-state index in [0.717, 1.165) is 16.9 Å². The molecule has 20 heavy (non-hydrogen) atoms. The fourth-order valence-electron chi connectivity index (χ4n) is 2.09. The first-order chi connectivity index (χ1) is 9.51. The Kier molecular flexibility index (Phi) is 3.94. The molecule has 0 saturated carbocycles. The summed E-state index contributed by atoms with van der Waals surface area (Å²) in [4.78, 5) is 11.9. The normalized spacial score (nSPS) is 10.2. The fraction of sp³-hybridized carbons (Fsp3) is 0.188. The lowest BCUT2D eigenvalue weighted by Gasteiger charge is -2.14. The van der Waals surface area contributed by atoms with Crippen molar-refractivity contribution in [1.29, 1.82) is 0 Å². The molecule has 4 nitrogen and oxygen atoms in total. The van der Waals surface area contributed by atoms with Crippen molar-refractivity contribution in [3.05, 3.63) is 53.1 Å². The molecule has 0 spiro atoms. The van der Waals surface area contributed by atoms with Gasteiger partial charge in [-0.05, 0) is 43.7 Å². The third-order valence-electron chi connectivity index (χ3n) is 3.17. The van der Waals surface area contributed by atoms with E-state index in [-0.39, 0.29) is 5.91 Å². The number of aryl methyl sites for hydroxylation is 2. The van der Waals surface area contributed by atoms with Gasteiger partial charge in [-0.2, -0.15) is 0 Å². The van der Waals surface area contributed by atoms with Crippen LogP contribution >= 0.6 is 0 Å². The molecule has 0 aliphatic heterocycles. The molecule has 104 valence electrons. The highest BCUT2D eigenvalue weighted by Gasteiger charge is 2.11. The lowest BCUT2D eigenvalue weighted by Crippen LogP contribution is -2.19. The Morgan fingerprint density at radius 2 is 1.75 bits per heavy atom. The molecule has 0 fully saturated rings. The highest BCUT2D eigenvalue weighted by Crippen LogP contribution is 2.25. The van der Waals surface area contributed by atoms with E-state index >= 15 is 0 Å². The van der Waals surface area contributed by atoms with Crippen LogP contribution in [-0.2, 0) is 0 Å². The van der Waals surface area contributed by atoms with Gasteiger partial charge in [0.25, 0.3) is 5.91 Å². The number of nitrogen functional groups attached to an aromatic ring is 1. The lowest BCUT2D eigenvalue weighted by atomic mass is 10.1. The van der Waals surface area contributed by atoms with Crippen molar-refractivity contribution >= 4 is 23.0 Å². The summed E-state index contributed by atoms with van der Waals surface area (Å²) < 4.78 is 0. The van der Waals surface area contributed by atoms with Gasteiger partial charge in [0.15, 0.2) is 0 Å². The topological polar surface area (TPSA) is 67.2 Å². The van der Waals surface area contributed by atoms with Crippen LogP contribution in [0.25, 0.3) is 0 Å². The van der Waals surface area contributed by atoms with E-state index in [2.05, 4.69) is 23.6 Å². The minimum Gasteiger partial charge on any atom is -0.399 e. The van der Waals surface area contributed by atoms with E-state index in [4.69, 9.17) is 5.73 Å². The standard InChI is InChI=1S/C16H19N3O/c1-10-4-6-14(11(2)8-10)19-15-7-5-12(17)9-13(15)16(20)18-3/h4-9,19H,17H2,1-3H3,(H,18,20). The molecular weight excluding hydrogens is 250 g/mol. The summed E-state index contributed by atoms with van der Waals surface area (Å²) in [6, 6.07) is 11.4. The zero-order valence-electron chi connectivity index (χ0n) is 11.9. The van der Waals surface area contributed by atoms with Gasteiger partial charge in [0, 0.05) is 18.4 Å². The molecule has 0 unspecified atom stereocenters. The Labute approximate surface area is 119 Å². The molecule has 2 aromatic carbocycles. The van der Waals surface area contributed by atoms with Crippen molar-refractivity contribution in [2.75, 3.05) is 18.1 Å². The van der Waals surface area contributed by atoms with E-state index in [0.29, 0.717) is 11.3 Å². The summed E-state index contributed by atoms with van der Waals surface area (Å²) in [5, 5.41) is 5.92. The monoisotopic (exact) mass is 269 g/mol. The largest absolute Gasteiger partial charge is 0.399 e. The molecule has 2 aromatic rings. The summed E-state index contributed by atoms with van der Waals surface area (Å²) in [6.07, 6.45) is 0. The van der Waals surface area contributed by atoms with Gasteiger partial charge in [0.05, 0.1) is 11.3 Å². The molecule has 0 aliphatic carbocycles. The first kappa shape index (κ1) is 13.9. The van der Waals surface area contributed by atoms with Crippen molar-refractivity contribution in [3.63, 3.8) is 0 Å². The molecule has 2 rings (SSSR count). The second-order valence-electron chi connectivity index (χ2n) is 4.83. The predicted molar refractivity (Wildman–Crippen MR) is 83.4 cm³/mol. The second kappa shape index (κ2) is 5.65. The molecule has 1 amide bonds. The number of amides is 1. The minimum absolute atomic E-state index is 0.162. The highest BCUT2D eigenvalue weighted by atomic mass is 16.1. The van der Waals surface area contributed by atoms with E-state index in [1.165, 1.54) is 5.56 Å². The van der Waals surface area contributed by atoms with Crippen molar-refractivity contribution in [2.24, 2.45) is 0 Å². The molecule has 0 atom stereocenters. The van der Waals surface area contributed by atoms with Gasteiger partial charge in [-0.25, -0.2) is 0 Å². The summed E-state index contributed by atoms with van der Waals surface area (Å²) in [5.41, 5.74) is 10.9. The Hall–Kier alpha value is -2.49. The Balaban J connectivity index is 2.40. The summed E-state index contributed by atoms with van der Waals surface area (Å²) >= 11 is 0. The number of nitrogens with two attached hydrogens (primary N) is 1. The fourth-order valence-corrected chi connectivity index (χ4v) is 2.09. The van der Waals surface area contributed by atoms with Crippen LogP contribution in [0.15, 0.2) is 36.4 Å². The molecule has 0 heterocycles. The number of carbonyl (C=O) groups is 1. The number of hydrogen-bond acceptors (Lipinski definition) is 3. The Morgan fingerprint density at radius 1 is 1.05 bits per heavy atom. The van der Waals surface area contributed by atoms with Gasteiger partial charge in [-0.3, -0.25) is 4.79 Å². The van der Waals surface area contributed by atoms with Gasteiger partial charge in [0.2, 0.25) is 0 Å². The van der Waals surface area contributed by atoms with Gasteiger partial charge in [0.1, 0.15) is 0 Å². The molecule has 0 aliphatic rings. The van der Waals surface area contributed by atoms with E-state index < -0.39 is 0 Å². The summed E-state index contributed by atoms with van der Waals surface area (Å²) in [6.45, 7) is 4.09. The van der Waals surface area contributed by atoms with Crippen LogP contribution in [0.2, 0.25) is 0 Å². The van der Waals surface area contributed by atoms with Crippen LogP contribution in [0.5, 0.6) is 0 Å². The number of nitrogens with one attached hydrogen (secondary N) is 2. The molecular formula is C16H19N3O. The SMILES string of the molecule is CNC(=O)c1cc(N)ccc1Nc1ccc(C)cc1C. The van der Waals surface area contributed by atoms with E-state index in [1.807, 2.05) is 25.1 Å². The van der Waals surface area contributed by atoms with Gasteiger partial charge in [-0.15, -0.1) is 0 Å². The smallest absolute Gasteiger partial charge is 0.253 e. The molecule has 4 N–H and O–H groups in total. The maximum Gasteiger partial charge on any atom is 0.253 e. The molecule has 0 saturated heterocycles. The maximum absolute atomic E-state index is 11.9. The minimum atomic E-state index is -0.162. The summed E-state index contributed by atoms with van der Waals surface area (Å²) in [5.74, 6) is -0.162. The lowest BCUT2D eigenvalue weighted by molar-refractivity contribution is 0.0964. The first-order valence-corrected chi connectivity index (χ1v) is 6.47. The second-order valence-corrected chi connectivity index (χ2v) is 4.83. The van der Waals surface area contributed by atoms with Crippen LogP contribution in [-0.4, -0.2) is 13.0 Å². The van der Waals surface area contributed by atoms with Crippen molar-refractivity contribution in [1.82, 2.24) is 5.32 Å². The number of hydrogen-bond donors (Lipinski definition) is 3. The first-order valence-electron chi connectivity index (χ1n) is 6.47. The molecule has 0 bridgehead atoms. The third kappa shape index (κ3) is 2.91. The average Bonchev–Trinajstić information content (AvgIpc) is 2.42. The number of anilines is 3. The molecule has 0 radical (unpaired) electrons. The molecule has 4 heteroatoms. The van der Waals surface area contributed by atoms with Crippen LogP contribution in [0.3, 0.4) is 0 Å². The van der Waals surface area contributed by atoms with Gasteiger partial charge >= 0.3 is 0 Å². The number of rotatable bonds is 3. The third-order valence-corrected chi connectivity index (χ3v) is 3.17. The van der Waals surface area contributed by atoms with Crippen LogP contribution in [0, 0.1) is 13.8 Å². The predicted octanol–water partition coefficient (Wildman–Crippen LogP) is 2.99. The van der Waals surface area contributed by atoms with E-state index in [1.54, 1.807) is 19.2 Å².